The van der Waals surface area contributed by atoms with Crippen molar-refractivity contribution in [2.45, 2.75) is 51.1 Å². The van der Waals surface area contributed by atoms with Gasteiger partial charge in [-0.05, 0) is 61.1 Å². The summed E-state index contributed by atoms with van der Waals surface area (Å²) in [6.07, 6.45) is 7.26. The zero-order valence-corrected chi connectivity index (χ0v) is 18.5. The van der Waals surface area contributed by atoms with Gasteiger partial charge in [-0.3, -0.25) is 4.79 Å². The molecule has 5 rings (SSSR count). The zero-order chi connectivity index (χ0) is 23.0. The first-order valence-corrected chi connectivity index (χ1v) is 11.3. The van der Waals surface area contributed by atoms with Crippen LogP contribution in [0.5, 0.6) is 0 Å². The highest BCUT2D eigenvalue weighted by Crippen LogP contribution is 2.46. The minimum absolute atomic E-state index is 0.0539. The van der Waals surface area contributed by atoms with Gasteiger partial charge in [-0.1, -0.05) is 6.07 Å². The highest BCUT2D eigenvalue weighted by Gasteiger charge is 2.50. The van der Waals surface area contributed by atoms with Gasteiger partial charge in [0.25, 0.3) is 0 Å². The summed E-state index contributed by atoms with van der Waals surface area (Å²) in [6.45, 7) is 2.50. The molecule has 1 atom stereocenters. The highest BCUT2D eigenvalue weighted by molar-refractivity contribution is 5.94. The quantitative estimate of drug-likeness (QED) is 0.605. The molecule has 1 spiro atoms. The first kappa shape index (κ1) is 21.7. The van der Waals surface area contributed by atoms with E-state index in [1.54, 1.807) is 18.0 Å². The Kier molecular flexibility index (Phi) is 5.67. The number of nitrogens with zero attached hydrogens (tertiary/aromatic N) is 6. The van der Waals surface area contributed by atoms with Crippen LogP contribution in [0.2, 0.25) is 0 Å². The normalized spacial score (nSPS) is 26.4. The number of tetrazole rings is 1. The average Bonchev–Trinajstić information content (AvgIpc) is 3.56. The fraction of sp³-hybridized carbons (Fsp3) is 0.545. The minimum Gasteiger partial charge on any atom is -0.456 e. The number of carbonyl (C=O) groups excluding carboxylic acids is 2. The molecule has 2 fully saturated rings. The molecule has 174 valence electrons. The van der Waals surface area contributed by atoms with E-state index in [1.807, 2.05) is 12.1 Å². The van der Waals surface area contributed by atoms with Crippen molar-refractivity contribution in [1.82, 2.24) is 35.4 Å². The van der Waals surface area contributed by atoms with Gasteiger partial charge in [0.1, 0.15) is 12.9 Å². The Morgan fingerprint density at radius 3 is 2.70 bits per heavy atom. The van der Waals surface area contributed by atoms with Gasteiger partial charge in [0.15, 0.2) is 5.82 Å². The van der Waals surface area contributed by atoms with Crippen LogP contribution in [0, 0.1) is 5.41 Å². The van der Waals surface area contributed by atoms with Crippen molar-refractivity contribution in [2.24, 2.45) is 5.41 Å². The molecule has 2 aromatic heterocycles. The number of carbonyl (C=O) groups is 2. The molecule has 2 aliphatic heterocycles. The second-order valence-corrected chi connectivity index (χ2v) is 9.02. The van der Waals surface area contributed by atoms with Crippen molar-refractivity contribution < 1.29 is 19.4 Å². The lowest BCUT2D eigenvalue weighted by molar-refractivity contribution is -0.138. The molecule has 0 bridgehead atoms. The molecular weight excluding hydrogens is 426 g/mol. The number of nitrogens with one attached hydrogen (secondary N) is 1. The summed E-state index contributed by atoms with van der Waals surface area (Å²) < 4.78 is 6.57. The molecule has 11 nitrogen and oxygen atoms in total. The van der Waals surface area contributed by atoms with Crippen molar-refractivity contribution in [2.75, 3.05) is 19.8 Å². The molecule has 33 heavy (non-hydrogen) atoms. The van der Waals surface area contributed by atoms with Crippen molar-refractivity contribution in [3.8, 4) is 5.82 Å². The third kappa shape index (κ3) is 3.91. The van der Waals surface area contributed by atoms with Crippen LogP contribution in [-0.2, 0) is 14.3 Å². The standard InChI is InChI=1S/C22H27N7O4/c1-14-18(12-33-20(14)31)28-9-8-22(21(28)32)6-4-16(5-7-22)25-17(11-30)15-2-3-19(23-10-15)29-13-24-26-27-29/h2-3,10,13,16-17,25,30H,4-9,11-12H2,1H3/t16?,17-,22?/m1/s1. The first-order valence-electron chi connectivity index (χ1n) is 11.3. The monoisotopic (exact) mass is 453 g/mol. The number of aliphatic hydroxyl groups is 1. The molecule has 0 radical (unpaired) electrons. The molecule has 1 aliphatic carbocycles. The van der Waals surface area contributed by atoms with Crippen LogP contribution in [0.4, 0.5) is 0 Å². The minimum atomic E-state index is -0.360. The number of pyridine rings is 1. The fourth-order valence-electron chi connectivity index (χ4n) is 5.17. The summed E-state index contributed by atoms with van der Waals surface area (Å²) in [4.78, 5) is 31.2. The third-order valence-electron chi connectivity index (χ3n) is 7.24. The van der Waals surface area contributed by atoms with Crippen LogP contribution < -0.4 is 5.32 Å². The number of amides is 1. The van der Waals surface area contributed by atoms with E-state index in [0.29, 0.717) is 17.9 Å². The molecule has 4 heterocycles. The second-order valence-electron chi connectivity index (χ2n) is 9.02. The molecule has 2 aromatic rings. The zero-order valence-electron chi connectivity index (χ0n) is 18.5. The van der Waals surface area contributed by atoms with E-state index in [2.05, 4.69) is 25.8 Å². The smallest absolute Gasteiger partial charge is 0.336 e. The van der Waals surface area contributed by atoms with E-state index in [0.717, 1.165) is 43.4 Å². The van der Waals surface area contributed by atoms with Crippen LogP contribution in [0.15, 0.2) is 35.9 Å². The van der Waals surface area contributed by atoms with Crippen LogP contribution in [0.1, 0.15) is 50.6 Å². The lowest BCUT2D eigenvalue weighted by Gasteiger charge is -2.37. The van der Waals surface area contributed by atoms with Gasteiger partial charge in [0.2, 0.25) is 5.91 Å². The first-order chi connectivity index (χ1) is 16.0. The van der Waals surface area contributed by atoms with Crippen molar-refractivity contribution >= 4 is 11.9 Å². The number of aliphatic hydroxyl groups excluding tert-OH is 1. The molecule has 2 N–H and O–H groups in total. The molecule has 0 unspecified atom stereocenters. The molecular formula is C22H27N7O4. The van der Waals surface area contributed by atoms with E-state index in [1.165, 1.54) is 11.0 Å². The van der Waals surface area contributed by atoms with Crippen molar-refractivity contribution in [3.05, 3.63) is 41.5 Å². The van der Waals surface area contributed by atoms with Crippen molar-refractivity contribution in [3.63, 3.8) is 0 Å². The Labute approximate surface area is 190 Å². The topological polar surface area (TPSA) is 135 Å². The lowest BCUT2D eigenvalue weighted by atomic mass is 9.71. The molecule has 3 aliphatic rings. The Morgan fingerprint density at radius 2 is 2.09 bits per heavy atom. The second kappa shape index (κ2) is 8.64. The molecule has 1 amide bonds. The van der Waals surface area contributed by atoms with Gasteiger partial charge in [-0.2, -0.15) is 4.68 Å². The van der Waals surface area contributed by atoms with Gasteiger partial charge in [-0.25, -0.2) is 9.78 Å². The van der Waals surface area contributed by atoms with Crippen LogP contribution in [0.3, 0.4) is 0 Å². The highest BCUT2D eigenvalue weighted by atomic mass is 16.5. The van der Waals surface area contributed by atoms with E-state index < -0.39 is 0 Å². The summed E-state index contributed by atoms with van der Waals surface area (Å²) in [7, 11) is 0. The predicted octanol–water partition coefficient (Wildman–Crippen LogP) is 0.672. The maximum Gasteiger partial charge on any atom is 0.336 e. The maximum absolute atomic E-state index is 13.3. The summed E-state index contributed by atoms with van der Waals surface area (Å²) >= 11 is 0. The largest absolute Gasteiger partial charge is 0.456 e. The third-order valence-corrected chi connectivity index (χ3v) is 7.24. The average molecular weight is 454 g/mol. The number of likely N-dealkylation sites (tertiary alicyclic amines) is 1. The summed E-state index contributed by atoms with van der Waals surface area (Å²) in [5.41, 5.74) is 1.79. The number of ether oxygens (including phenoxy) is 1. The fourth-order valence-corrected chi connectivity index (χ4v) is 5.17. The van der Waals surface area contributed by atoms with E-state index >= 15 is 0 Å². The van der Waals surface area contributed by atoms with Crippen LogP contribution in [0.25, 0.3) is 5.82 Å². The van der Waals surface area contributed by atoms with E-state index in [-0.39, 0.29) is 42.6 Å². The number of cyclic esters (lactones) is 1. The van der Waals surface area contributed by atoms with Crippen LogP contribution >= 0.6 is 0 Å². The molecule has 11 heteroatoms. The number of esters is 1. The number of aromatic nitrogens is 5. The maximum atomic E-state index is 13.3. The Balaban J connectivity index is 1.20. The van der Waals surface area contributed by atoms with Gasteiger partial charge >= 0.3 is 5.97 Å². The lowest BCUT2D eigenvalue weighted by Crippen LogP contribution is -2.43. The van der Waals surface area contributed by atoms with E-state index in [4.69, 9.17) is 4.74 Å². The molecule has 1 saturated carbocycles. The van der Waals surface area contributed by atoms with Gasteiger partial charge in [-0.15, -0.1) is 5.10 Å². The van der Waals surface area contributed by atoms with Crippen LogP contribution in [-0.4, -0.2) is 72.9 Å². The number of rotatable bonds is 6. The summed E-state index contributed by atoms with van der Waals surface area (Å²) in [5, 5.41) is 24.6. The van der Waals surface area contributed by atoms with Gasteiger partial charge in [0, 0.05) is 18.8 Å². The van der Waals surface area contributed by atoms with Gasteiger partial charge in [0.05, 0.1) is 29.3 Å². The van der Waals surface area contributed by atoms with Crippen molar-refractivity contribution in [1.29, 1.82) is 0 Å². The number of hydrogen-bond donors (Lipinski definition) is 2. The number of hydrogen-bond acceptors (Lipinski definition) is 9. The molecule has 1 saturated heterocycles. The SMILES string of the molecule is CC1=C(N2CCC3(CCC(N[C@H](CO)c4ccc(-n5cnnn5)nc4)CC3)C2=O)COC1=O. The predicted molar refractivity (Wildman–Crippen MR) is 115 cm³/mol. The summed E-state index contributed by atoms with van der Waals surface area (Å²) in [5.74, 6) is 0.390. The Morgan fingerprint density at radius 1 is 1.27 bits per heavy atom. The van der Waals surface area contributed by atoms with E-state index in [9.17, 15) is 14.7 Å². The Hall–Kier alpha value is -3.18. The Bertz CT molecular complexity index is 1060. The van der Waals surface area contributed by atoms with Gasteiger partial charge < -0.3 is 20.1 Å². The summed E-state index contributed by atoms with van der Waals surface area (Å²) in [6, 6.07) is 3.67. The molecule has 0 aromatic carbocycles.